The first-order chi connectivity index (χ1) is 21.3. The summed E-state index contributed by atoms with van der Waals surface area (Å²) < 4.78 is 0. The molecule has 0 rings (SSSR count). The van der Waals surface area contributed by atoms with Crippen molar-refractivity contribution in [3.63, 3.8) is 0 Å². The van der Waals surface area contributed by atoms with Crippen molar-refractivity contribution in [2.75, 3.05) is 6.61 Å². The number of aliphatic hydroxyl groups excluding tert-OH is 2. The van der Waals surface area contributed by atoms with Gasteiger partial charge >= 0.3 is 11.9 Å². The highest BCUT2D eigenvalue weighted by molar-refractivity contribution is 6.08. The van der Waals surface area contributed by atoms with Crippen LogP contribution in [0.15, 0.2) is 0 Å². The maximum atomic E-state index is 13.2. The van der Waals surface area contributed by atoms with Crippen LogP contribution in [-0.4, -0.2) is 50.9 Å². The molecule has 0 saturated carbocycles. The zero-order chi connectivity index (χ0) is 32.9. The topological polar surface area (TPSA) is 132 Å². The molecule has 0 radical (unpaired) electrons. The summed E-state index contributed by atoms with van der Waals surface area (Å²) in [6, 6.07) is 0. The van der Waals surface area contributed by atoms with E-state index >= 15 is 0 Å². The van der Waals surface area contributed by atoms with Crippen molar-refractivity contribution in [1.82, 2.24) is 0 Å². The summed E-state index contributed by atoms with van der Waals surface area (Å²) in [4.78, 5) is 38.2. The molecule has 0 aliphatic carbocycles. The summed E-state index contributed by atoms with van der Waals surface area (Å²) in [5, 5.41) is 40.0. The standard InChI is InChI=1S/C37H70O7/c1-3-5-7-9-11-13-15-17-18-19-21-23-25-27-29-32(35(41)42)37(36(43)44,34(40)33(39)31-38)30-28-26-24-22-20-16-14-12-10-8-6-4-2/h32-33,38-39H,3-31H2,1-2H3,(H,41,42)(H,43,44). The highest BCUT2D eigenvalue weighted by atomic mass is 16.4. The van der Waals surface area contributed by atoms with Gasteiger partial charge in [-0.1, -0.05) is 181 Å². The Morgan fingerprint density at radius 3 is 1.14 bits per heavy atom. The van der Waals surface area contributed by atoms with Gasteiger partial charge in [0.2, 0.25) is 0 Å². The first kappa shape index (κ1) is 42.5. The minimum Gasteiger partial charge on any atom is -0.481 e. The fraction of sp³-hybridized carbons (Fsp3) is 0.919. The largest absolute Gasteiger partial charge is 0.481 e. The van der Waals surface area contributed by atoms with Crippen molar-refractivity contribution >= 4 is 17.7 Å². The Balaban J connectivity index is 4.70. The lowest BCUT2D eigenvalue weighted by atomic mass is 9.65. The third-order valence-corrected chi connectivity index (χ3v) is 9.46. The predicted molar refractivity (Wildman–Crippen MR) is 180 cm³/mol. The molecule has 260 valence electrons. The van der Waals surface area contributed by atoms with Crippen molar-refractivity contribution in [2.24, 2.45) is 11.3 Å². The van der Waals surface area contributed by atoms with Crippen molar-refractivity contribution in [1.29, 1.82) is 0 Å². The molecule has 7 heteroatoms. The number of rotatable bonds is 34. The van der Waals surface area contributed by atoms with E-state index in [0.29, 0.717) is 19.3 Å². The molecular formula is C37H70O7. The van der Waals surface area contributed by atoms with Crippen LogP contribution >= 0.6 is 0 Å². The van der Waals surface area contributed by atoms with Gasteiger partial charge in [0, 0.05) is 0 Å². The van der Waals surface area contributed by atoms with Crippen molar-refractivity contribution in [3.05, 3.63) is 0 Å². The second-order valence-corrected chi connectivity index (χ2v) is 13.3. The summed E-state index contributed by atoms with van der Waals surface area (Å²) in [6.07, 6.45) is 27.2. The van der Waals surface area contributed by atoms with Crippen LogP contribution in [-0.2, 0) is 14.4 Å². The first-order valence-corrected chi connectivity index (χ1v) is 18.6. The minimum atomic E-state index is -2.23. The molecule has 0 amide bonds. The summed E-state index contributed by atoms with van der Waals surface area (Å²) in [5.74, 6) is -5.33. The monoisotopic (exact) mass is 627 g/mol. The van der Waals surface area contributed by atoms with Crippen LogP contribution in [0.3, 0.4) is 0 Å². The van der Waals surface area contributed by atoms with Gasteiger partial charge in [-0.25, -0.2) is 0 Å². The van der Waals surface area contributed by atoms with E-state index < -0.39 is 41.8 Å². The number of hydrogen-bond donors (Lipinski definition) is 4. The van der Waals surface area contributed by atoms with Crippen LogP contribution in [0.4, 0.5) is 0 Å². The summed E-state index contributed by atoms with van der Waals surface area (Å²) in [7, 11) is 0. The summed E-state index contributed by atoms with van der Waals surface area (Å²) in [5.41, 5.74) is -2.23. The lowest BCUT2D eigenvalue weighted by Crippen LogP contribution is -2.53. The zero-order valence-electron chi connectivity index (χ0n) is 28.7. The highest BCUT2D eigenvalue weighted by Crippen LogP contribution is 2.40. The number of aliphatic hydroxyl groups is 2. The molecule has 0 aromatic rings. The van der Waals surface area contributed by atoms with E-state index in [1.54, 1.807) is 0 Å². The van der Waals surface area contributed by atoms with Crippen molar-refractivity contribution < 1.29 is 34.8 Å². The molecule has 0 spiro atoms. The Bertz CT molecular complexity index is 710. The molecule has 0 heterocycles. The number of Topliss-reactive ketones (excluding diaryl/α,β-unsaturated/α-hetero) is 1. The molecule has 0 bridgehead atoms. The van der Waals surface area contributed by atoms with Gasteiger partial charge in [-0.15, -0.1) is 0 Å². The average molecular weight is 627 g/mol. The van der Waals surface area contributed by atoms with Gasteiger partial charge in [-0.05, 0) is 12.8 Å². The molecular weight excluding hydrogens is 556 g/mol. The van der Waals surface area contributed by atoms with Gasteiger partial charge in [-0.2, -0.15) is 0 Å². The number of ketones is 1. The van der Waals surface area contributed by atoms with E-state index in [9.17, 15) is 34.8 Å². The minimum absolute atomic E-state index is 0.0712. The number of unbranched alkanes of at least 4 members (excludes halogenated alkanes) is 24. The molecule has 3 unspecified atom stereocenters. The van der Waals surface area contributed by atoms with Crippen molar-refractivity contribution in [2.45, 2.75) is 200 Å². The molecule has 0 fully saturated rings. The van der Waals surface area contributed by atoms with E-state index in [4.69, 9.17) is 0 Å². The number of aliphatic carboxylic acids is 2. The quantitative estimate of drug-likeness (QED) is 0.0413. The Kier molecular flexibility index (Phi) is 28.0. The second kappa shape index (κ2) is 29.0. The third kappa shape index (κ3) is 19.1. The Labute approximate surface area is 270 Å². The van der Waals surface area contributed by atoms with Gasteiger partial charge in [0.05, 0.1) is 12.5 Å². The number of hydrogen-bond acceptors (Lipinski definition) is 5. The van der Waals surface area contributed by atoms with Crippen LogP contribution in [0, 0.1) is 11.3 Å². The molecule has 0 saturated heterocycles. The molecule has 0 aliphatic rings. The van der Waals surface area contributed by atoms with Crippen LogP contribution in [0.5, 0.6) is 0 Å². The van der Waals surface area contributed by atoms with E-state index in [0.717, 1.165) is 44.9 Å². The fourth-order valence-corrected chi connectivity index (χ4v) is 6.58. The van der Waals surface area contributed by atoms with Crippen LogP contribution in [0.2, 0.25) is 0 Å². The lowest BCUT2D eigenvalue weighted by molar-refractivity contribution is -0.172. The zero-order valence-corrected chi connectivity index (χ0v) is 28.7. The second-order valence-electron chi connectivity index (χ2n) is 13.3. The predicted octanol–water partition coefficient (Wildman–Crippen LogP) is 9.64. The smallest absolute Gasteiger partial charge is 0.318 e. The average Bonchev–Trinajstić information content (AvgIpc) is 3.01. The van der Waals surface area contributed by atoms with Crippen LogP contribution in [0.25, 0.3) is 0 Å². The van der Waals surface area contributed by atoms with Gasteiger partial charge in [0.15, 0.2) is 5.78 Å². The van der Waals surface area contributed by atoms with E-state index in [1.165, 1.54) is 103 Å². The normalized spacial score (nSPS) is 14.3. The first-order valence-electron chi connectivity index (χ1n) is 18.6. The lowest BCUT2D eigenvalue weighted by Gasteiger charge is -2.35. The Morgan fingerprint density at radius 1 is 0.523 bits per heavy atom. The van der Waals surface area contributed by atoms with E-state index in [1.807, 2.05) is 0 Å². The molecule has 0 aromatic carbocycles. The summed E-state index contributed by atoms with van der Waals surface area (Å²) in [6.45, 7) is 3.53. The van der Waals surface area contributed by atoms with Crippen LogP contribution in [0.1, 0.15) is 194 Å². The Hall–Kier alpha value is -1.47. The van der Waals surface area contributed by atoms with E-state index in [2.05, 4.69) is 13.8 Å². The third-order valence-electron chi connectivity index (χ3n) is 9.46. The Morgan fingerprint density at radius 2 is 0.841 bits per heavy atom. The van der Waals surface area contributed by atoms with Gasteiger partial charge < -0.3 is 20.4 Å². The van der Waals surface area contributed by atoms with Gasteiger partial charge in [0.25, 0.3) is 0 Å². The summed E-state index contributed by atoms with van der Waals surface area (Å²) >= 11 is 0. The molecule has 4 N–H and O–H groups in total. The number of carboxylic acid groups (broad SMARTS) is 2. The molecule has 3 atom stereocenters. The van der Waals surface area contributed by atoms with Gasteiger partial charge in [0.1, 0.15) is 11.5 Å². The van der Waals surface area contributed by atoms with Crippen molar-refractivity contribution in [3.8, 4) is 0 Å². The van der Waals surface area contributed by atoms with Crippen LogP contribution < -0.4 is 0 Å². The number of carboxylic acids is 2. The fourth-order valence-electron chi connectivity index (χ4n) is 6.58. The maximum absolute atomic E-state index is 13.2. The molecule has 7 nitrogen and oxygen atoms in total. The molecule has 0 aromatic heterocycles. The maximum Gasteiger partial charge on any atom is 0.318 e. The molecule has 0 aliphatic heterocycles. The molecule has 44 heavy (non-hydrogen) atoms. The van der Waals surface area contributed by atoms with E-state index in [-0.39, 0.29) is 12.8 Å². The van der Waals surface area contributed by atoms with Gasteiger partial charge in [-0.3, -0.25) is 14.4 Å². The SMILES string of the molecule is CCCCCCCCCCCCCCCCC(C(=O)O)C(CCCCCCCCCCCCCC)(C(=O)O)C(=O)C(O)CO. The highest BCUT2D eigenvalue weighted by Gasteiger charge is 2.56. The number of carbonyl (C=O) groups excluding carboxylic acids is 1. The number of carbonyl (C=O) groups is 3.